The Hall–Kier alpha value is -3.85. The van der Waals surface area contributed by atoms with Crippen molar-refractivity contribution in [2.75, 3.05) is 5.32 Å². The number of fused-ring (bicyclic) bond motifs is 1. The molecule has 1 aromatic heterocycles. The summed E-state index contributed by atoms with van der Waals surface area (Å²) in [5, 5.41) is 22.6. The average Bonchev–Trinajstić information content (AvgIpc) is 3.32. The van der Waals surface area contributed by atoms with Gasteiger partial charge in [0.15, 0.2) is 5.82 Å². The smallest absolute Gasteiger partial charge is 0.273 e. The number of rotatable bonds is 4. The zero-order valence-electron chi connectivity index (χ0n) is 18.7. The number of nitrogens with zero attached hydrogens (tertiary/aromatic N) is 3. The normalized spacial score (nSPS) is 23.9. The lowest BCUT2D eigenvalue weighted by Crippen LogP contribution is -2.57. The van der Waals surface area contributed by atoms with Gasteiger partial charge in [0.1, 0.15) is 0 Å². The molecule has 7 rings (SSSR count). The Kier molecular flexibility index (Phi) is 4.69. The van der Waals surface area contributed by atoms with E-state index in [-0.39, 0.29) is 29.1 Å². The number of carbonyl (C=O) groups excluding carboxylic acids is 1. The van der Waals surface area contributed by atoms with E-state index in [1.165, 1.54) is 0 Å². The number of H-pyrrole nitrogens is 1. The van der Waals surface area contributed by atoms with Crippen LogP contribution in [0.3, 0.4) is 0 Å². The molecule has 2 N–H and O–H groups in total. The van der Waals surface area contributed by atoms with Crippen molar-refractivity contribution in [3.05, 3.63) is 110 Å². The van der Waals surface area contributed by atoms with Crippen LogP contribution in [0.2, 0.25) is 0 Å². The summed E-state index contributed by atoms with van der Waals surface area (Å²) in [6.07, 6.45) is 0.0421. The van der Waals surface area contributed by atoms with E-state index >= 15 is 0 Å². The van der Waals surface area contributed by atoms with E-state index in [2.05, 4.69) is 36.4 Å². The van der Waals surface area contributed by atoms with Gasteiger partial charge >= 0.3 is 0 Å². The third-order valence-electron chi connectivity index (χ3n) is 7.33. The molecule has 1 unspecified atom stereocenters. The Labute approximate surface area is 209 Å². The number of carbonyl (C=O) groups is 1. The summed E-state index contributed by atoms with van der Waals surface area (Å²) in [5.74, 6) is -0.0449. The van der Waals surface area contributed by atoms with Crippen molar-refractivity contribution in [3.8, 4) is 11.4 Å². The summed E-state index contributed by atoms with van der Waals surface area (Å²) in [6, 6.07) is 22.4. The van der Waals surface area contributed by atoms with Crippen molar-refractivity contribution in [1.29, 1.82) is 0 Å². The van der Waals surface area contributed by atoms with Crippen LogP contribution in [0.5, 0.6) is 0 Å². The van der Waals surface area contributed by atoms with Gasteiger partial charge in [-0.25, -0.2) is 0 Å². The quantitative estimate of drug-likeness (QED) is 0.277. The number of hydrogen-bond donors (Lipinski definition) is 2. The Bertz CT molecular complexity index is 1470. The second-order valence-corrected chi connectivity index (χ2v) is 10.2. The molecular formula is C26H20BrN5O3. The maximum Gasteiger partial charge on any atom is 0.273 e. The molecule has 1 amide bonds. The second-order valence-electron chi connectivity index (χ2n) is 9.29. The number of amides is 1. The summed E-state index contributed by atoms with van der Waals surface area (Å²) >= 11 is 3.44. The summed E-state index contributed by atoms with van der Waals surface area (Å²) in [6.45, 7) is 1.80. The number of hydrogen-bond acceptors (Lipinski definition) is 5. The highest BCUT2D eigenvalue weighted by Crippen LogP contribution is 2.63. The van der Waals surface area contributed by atoms with Crippen molar-refractivity contribution in [2.24, 2.45) is 5.41 Å². The predicted molar refractivity (Wildman–Crippen MR) is 133 cm³/mol. The molecule has 0 saturated heterocycles. The molecule has 1 atom stereocenters. The van der Waals surface area contributed by atoms with Gasteiger partial charge < -0.3 is 0 Å². The molecule has 0 saturated carbocycles. The van der Waals surface area contributed by atoms with E-state index in [1.54, 1.807) is 6.92 Å². The van der Waals surface area contributed by atoms with Gasteiger partial charge in [0, 0.05) is 38.4 Å². The molecule has 174 valence electrons. The minimum Gasteiger partial charge on any atom is -0.293 e. The summed E-state index contributed by atoms with van der Waals surface area (Å²) < 4.78 is 0.894. The van der Waals surface area contributed by atoms with Crippen molar-refractivity contribution in [3.63, 3.8) is 0 Å². The third-order valence-corrected chi connectivity index (χ3v) is 7.83. The largest absolute Gasteiger partial charge is 0.293 e. The maximum absolute atomic E-state index is 13.8. The van der Waals surface area contributed by atoms with E-state index in [0.29, 0.717) is 17.0 Å². The van der Waals surface area contributed by atoms with Crippen LogP contribution in [0.1, 0.15) is 41.5 Å². The first-order valence-electron chi connectivity index (χ1n) is 11.2. The number of halogens is 1. The van der Waals surface area contributed by atoms with Crippen LogP contribution in [0.4, 0.5) is 5.95 Å². The predicted octanol–water partition coefficient (Wildman–Crippen LogP) is 5.25. The Morgan fingerprint density at radius 3 is 2.37 bits per heavy atom. The molecule has 0 fully saturated rings. The number of nitro groups is 1. The lowest BCUT2D eigenvalue weighted by molar-refractivity contribution is -0.573. The van der Waals surface area contributed by atoms with Crippen molar-refractivity contribution >= 4 is 27.8 Å². The van der Waals surface area contributed by atoms with E-state index < -0.39 is 11.0 Å². The van der Waals surface area contributed by atoms with E-state index in [1.807, 2.05) is 72.8 Å². The van der Waals surface area contributed by atoms with Gasteiger partial charge in [-0.05, 0) is 30.2 Å². The fourth-order valence-corrected chi connectivity index (χ4v) is 6.27. The summed E-state index contributed by atoms with van der Waals surface area (Å²) in [5.41, 5.74) is 1.17. The molecule has 0 spiro atoms. The highest BCUT2D eigenvalue weighted by Gasteiger charge is 2.67. The second kappa shape index (κ2) is 7.58. The average molecular weight is 530 g/mol. The van der Waals surface area contributed by atoms with Gasteiger partial charge in [0.25, 0.3) is 5.54 Å². The number of nitrogens with one attached hydrogen (secondary N) is 2. The minimum atomic E-state index is -1.51. The molecule has 4 aromatic rings. The number of aromatic amines is 1. The fourth-order valence-electron chi connectivity index (χ4n) is 5.87. The van der Waals surface area contributed by atoms with Crippen LogP contribution in [-0.2, 0) is 10.3 Å². The molecule has 9 heteroatoms. The van der Waals surface area contributed by atoms with Gasteiger partial charge in [-0.2, -0.15) is 4.98 Å². The summed E-state index contributed by atoms with van der Waals surface area (Å²) in [4.78, 5) is 30.8. The Morgan fingerprint density at radius 2 is 1.74 bits per heavy atom. The van der Waals surface area contributed by atoms with E-state index in [4.69, 9.17) is 0 Å². The van der Waals surface area contributed by atoms with Gasteiger partial charge in [0.05, 0.1) is 5.41 Å². The standard InChI is InChI=1S/C26H20BrN5O3/c1-25(23(33)29-24-28-22(30-31-24)15-7-6-8-16(27)13-15)14-26(32(34)35)19-11-4-2-9-17(19)21(25)18-10-3-5-12-20(18)26/h2-13,21H,14H2,1H3,(H2,28,29,30,31,33). The van der Waals surface area contributed by atoms with Crippen molar-refractivity contribution in [1.82, 2.24) is 15.2 Å². The SMILES string of the molecule is CC1(C(=O)Nc2n[nH]c(-c3cccc(Br)c3)n2)CC2([N+](=O)[O-])c3ccccc3C1c1ccccc12. The zero-order valence-corrected chi connectivity index (χ0v) is 20.2. The first kappa shape index (κ1) is 21.7. The molecule has 8 nitrogen and oxygen atoms in total. The van der Waals surface area contributed by atoms with Crippen LogP contribution in [-0.4, -0.2) is 26.0 Å². The molecule has 2 bridgehead atoms. The van der Waals surface area contributed by atoms with Crippen molar-refractivity contribution < 1.29 is 9.72 Å². The number of aromatic nitrogens is 3. The number of anilines is 1. The van der Waals surface area contributed by atoms with Crippen LogP contribution in [0, 0.1) is 15.5 Å². The van der Waals surface area contributed by atoms with Crippen LogP contribution >= 0.6 is 15.9 Å². The van der Waals surface area contributed by atoms with Crippen LogP contribution < -0.4 is 5.32 Å². The maximum atomic E-state index is 13.8. The Balaban J connectivity index is 1.43. The fraction of sp³-hybridized carbons (Fsp3) is 0.192. The molecular weight excluding hydrogens is 510 g/mol. The molecule has 35 heavy (non-hydrogen) atoms. The monoisotopic (exact) mass is 529 g/mol. The summed E-state index contributed by atoms with van der Waals surface area (Å²) in [7, 11) is 0. The minimum absolute atomic E-state index is 0.0421. The Morgan fingerprint density at radius 1 is 1.09 bits per heavy atom. The molecule has 3 aliphatic carbocycles. The van der Waals surface area contributed by atoms with Gasteiger partial charge in [0.2, 0.25) is 11.9 Å². The highest BCUT2D eigenvalue weighted by molar-refractivity contribution is 9.10. The molecule has 3 aromatic carbocycles. The third kappa shape index (κ3) is 3.01. The van der Waals surface area contributed by atoms with Gasteiger partial charge in [-0.15, -0.1) is 5.10 Å². The van der Waals surface area contributed by atoms with E-state index in [9.17, 15) is 14.9 Å². The van der Waals surface area contributed by atoms with Crippen molar-refractivity contribution in [2.45, 2.75) is 24.8 Å². The van der Waals surface area contributed by atoms with Crippen LogP contribution in [0.15, 0.2) is 77.3 Å². The number of benzene rings is 3. The first-order chi connectivity index (χ1) is 16.8. The van der Waals surface area contributed by atoms with Gasteiger partial charge in [-0.3, -0.25) is 25.3 Å². The molecule has 1 heterocycles. The lowest BCUT2D eigenvalue weighted by Gasteiger charge is -2.52. The van der Waals surface area contributed by atoms with Crippen LogP contribution in [0.25, 0.3) is 11.4 Å². The van der Waals surface area contributed by atoms with Gasteiger partial charge in [-0.1, -0.05) is 76.6 Å². The van der Waals surface area contributed by atoms with E-state index in [0.717, 1.165) is 21.2 Å². The molecule has 3 aliphatic rings. The first-order valence-corrected chi connectivity index (χ1v) is 12.0. The topological polar surface area (TPSA) is 114 Å². The molecule has 0 aliphatic heterocycles. The molecule has 0 radical (unpaired) electrons. The highest BCUT2D eigenvalue weighted by atomic mass is 79.9. The zero-order chi connectivity index (χ0) is 24.4. The lowest BCUT2D eigenvalue weighted by atomic mass is 9.49.